The highest BCUT2D eigenvalue weighted by molar-refractivity contribution is 6.14. The molecular formula is C70H62O10. The average molecular weight is 1060 g/mol. The zero-order valence-electron chi connectivity index (χ0n) is 46.2. The Morgan fingerprint density at radius 2 is 0.688 bits per heavy atom. The molecule has 0 bridgehead atoms. The number of hydrogen-bond acceptors (Lipinski definition) is 10. The molecule has 0 aliphatic heterocycles. The molecule has 0 atom stereocenters. The predicted molar refractivity (Wildman–Crippen MR) is 316 cm³/mol. The Morgan fingerprint density at radius 1 is 0.362 bits per heavy atom. The molecule has 0 amide bonds. The van der Waals surface area contributed by atoms with Crippen LogP contribution in [0.5, 0.6) is 46.0 Å². The molecule has 0 fully saturated rings. The fraction of sp³-hybridized carbons (Fsp3) is 0.171. The number of methoxy groups -OCH3 is 2. The molecule has 0 aromatic heterocycles. The van der Waals surface area contributed by atoms with E-state index in [1.54, 1.807) is 14.2 Å². The third kappa shape index (κ3) is 11.8. The van der Waals surface area contributed by atoms with Crippen LogP contribution in [0.2, 0.25) is 0 Å². The van der Waals surface area contributed by atoms with Crippen LogP contribution in [-0.2, 0) is 36.0 Å². The molecule has 0 aliphatic rings. The third-order valence-electron chi connectivity index (χ3n) is 13.9. The minimum Gasteiger partial charge on any atom is -0.496 e. The normalized spacial score (nSPS) is 11.1. The highest BCUT2D eigenvalue weighted by Gasteiger charge is 2.30. The van der Waals surface area contributed by atoms with Gasteiger partial charge in [0.2, 0.25) is 0 Å². The Morgan fingerprint density at radius 3 is 1.00 bits per heavy atom. The van der Waals surface area contributed by atoms with E-state index in [2.05, 4.69) is 12.1 Å². The Labute approximate surface area is 467 Å². The minimum absolute atomic E-state index is 0.187. The molecule has 0 saturated heterocycles. The second-order valence-electron chi connectivity index (χ2n) is 19.9. The van der Waals surface area contributed by atoms with E-state index in [4.69, 9.17) is 37.9 Å². The van der Waals surface area contributed by atoms with Gasteiger partial charge >= 0.3 is 11.9 Å². The molecule has 10 nitrogen and oxygen atoms in total. The van der Waals surface area contributed by atoms with Gasteiger partial charge in [-0.15, -0.1) is 0 Å². The summed E-state index contributed by atoms with van der Waals surface area (Å²) in [6.45, 7) is 11.9. The number of carbonyl (C=O) groups excluding carboxylic acids is 2. The van der Waals surface area contributed by atoms with Crippen molar-refractivity contribution in [3.05, 3.63) is 226 Å². The maximum Gasteiger partial charge on any atom is 0.308 e. The predicted octanol–water partition coefficient (Wildman–Crippen LogP) is 16.4. The van der Waals surface area contributed by atoms with Crippen LogP contribution < -0.4 is 37.9 Å². The van der Waals surface area contributed by atoms with Crippen molar-refractivity contribution < 1.29 is 47.5 Å². The summed E-state index contributed by atoms with van der Waals surface area (Å²) in [5.74, 6) is 2.45. The van der Waals surface area contributed by atoms with Gasteiger partial charge in [-0.2, -0.15) is 0 Å². The van der Waals surface area contributed by atoms with Crippen LogP contribution in [0.3, 0.4) is 0 Å². The lowest BCUT2D eigenvalue weighted by Crippen LogP contribution is -2.08. The number of esters is 2. The van der Waals surface area contributed by atoms with Crippen molar-refractivity contribution in [1.29, 1.82) is 0 Å². The van der Waals surface area contributed by atoms with E-state index in [1.165, 1.54) is 13.8 Å². The van der Waals surface area contributed by atoms with Crippen LogP contribution in [0.1, 0.15) is 58.4 Å². The van der Waals surface area contributed by atoms with Crippen molar-refractivity contribution in [3.63, 3.8) is 0 Å². The maximum atomic E-state index is 13.7. The van der Waals surface area contributed by atoms with Crippen molar-refractivity contribution >= 4 is 33.5 Å². The summed E-state index contributed by atoms with van der Waals surface area (Å²) in [5, 5.41) is 2.45. The van der Waals surface area contributed by atoms with Crippen molar-refractivity contribution in [1.82, 2.24) is 0 Å². The topological polar surface area (TPSA) is 108 Å². The van der Waals surface area contributed by atoms with E-state index in [0.29, 0.717) is 80.4 Å². The zero-order chi connectivity index (χ0) is 55.9. The molecule has 10 rings (SSSR count). The van der Waals surface area contributed by atoms with Gasteiger partial charge in [-0.05, 0) is 131 Å². The van der Waals surface area contributed by atoms with Gasteiger partial charge < -0.3 is 37.9 Å². The largest absolute Gasteiger partial charge is 0.496 e. The zero-order valence-corrected chi connectivity index (χ0v) is 46.2. The first kappa shape index (κ1) is 53.8. The van der Waals surface area contributed by atoms with Gasteiger partial charge in [0.05, 0.1) is 25.0 Å². The van der Waals surface area contributed by atoms with Gasteiger partial charge in [0, 0.05) is 48.2 Å². The number of aryl methyl sites for hydroxylation is 4. The summed E-state index contributed by atoms with van der Waals surface area (Å²) in [6, 6.07) is 59.7. The van der Waals surface area contributed by atoms with E-state index < -0.39 is 11.9 Å². The summed E-state index contributed by atoms with van der Waals surface area (Å²) in [6.07, 6.45) is 0. The van der Waals surface area contributed by atoms with Crippen molar-refractivity contribution in [2.45, 2.75) is 68.0 Å². The van der Waals surface area contributed by atoms with Crippen LogP contribution in [0.25, 0.3) is 54.9 Å². The van der Waals surface area contributed by atoms with Crippen molar-refractivity contribution in [2.24, 2.45) is 0 Å². The van der Waals surface area contributed by atoms with E-state index in [0.717, 1.165) is 66.8 Å². The van der Waals surface area contributed by atoms with Crippen LogP contribution in [0.15, 0.2) is 182 Å². The summed E-state index contributed by atoms with van der Waals surface area (Å²) in [4.78, 5) is 27.4. The summed E-state index contributed by atoms with van der Waals surface area (Å²) < 4.78 is 52.3. The Hall–Kier alpha value is -9.54. The number of ether oxygens (including phenoxy) is 8. The molecule has 10 heteroatoms. The number of fused-ring (bicyclic) bond motifs is 2. The Balaban J connectivity index is 1.29. The first-order valence-corrected chi connectivity index (χ1v) is 26.5. The van der Waals surface area contributed by atoms with E-state index in [9.17, 15) is 9.59 Å². The van der Waals surface area contributed by atoms with Gasteiger partial charge in [-0.25, -0.2) is 0 Å². The second kappa shape index (κ2) is 24.0. The van der Waals surface area contributed by atoms with Gasteiger partial charge in [0.15, 0.2) is 0 Å². The number of carbonyl (C=O) groups is 2. The molecule has 0 radical (unpaired) electrons. The summed E-state index contributed by atoms with van der Waals surface area (Å²) in [5.41, 5.74) is 11.2. The third-order valence-corrected chi connectivity index (χ3v) is 13.9. The van der Waals surface area contributed by atoms with Crippen LogP contribution in [0.4, 0.5) is 0 Å². The molecule has 0 spiro atoms. The second-order valence-corrected chi connectivity index (χ2v) is 19.9. The fourth-order valence-corrected chi connectivity index (χ4v) is 10.4. The maximum absolute atomic E-state index is 13.7. The van der Waals surface area contributed by atoms with Crippen molar-refractivity contribution in [2.75, 3.05) is 14.2 Å². The smallest absolute Gasteiger partial charge is 0.308 e. The lowest BCUT2D eigenvalue weighted by Gasteiger charge is -2.25. The summed E-state index contributed by atoms with van der Waals surface area (Å²) in [7, 11) is 3.18. The lowest BCUT2D eigenvalue weighted by atomic mass is 9.85. The molecule has 0 heterocycles. The minimum atomic E-state index is -0.576. The SMILES string of the molecule is COc1cc(C)cc2c(-c3c(C)cc(OCc4ccccc4)cc3OCc3ccccc3)cc(-c3cc(-c4c(C)cc(OCc5ccccc5)cc4OCc4ccccc4)c4cc(C)cc(OC)c4c3OC(C)=O)c(OC(C)=O)c12. The number of benzene rings is 10. The van der Waals surface area contributed by atoms with Crippen molar-refractivity contribution in [3.8, 4) is 79.4 Å². The molecule has 0 unspecified atom stereocenters. The molecule has 402 valence electrons. The van der Waals surface area contributed by atoms with E-state index in [1.807, 2.05) is 198 Å². The van der Waals surface area contributed by atoms with Gasteiger partial charge in [0.1, 0.15) is 72.4 Å². The number of rotatable bonds is 19. The molecule has 10 aromatic rings. The monoisotopic (exact) mass is 1060 g/mol. The van der Waals surface area contributed by atoms with Crippen LogP contribution in [0, 0.1) is 27.7 Å². The van der Waals surface area contributed by atoms with Crippen LogP contribution >= 0.6 is 0 Å². The highest BCUT2D eigenvalue weighted by atomic mass is 16.5. The molecule has 0 saturated carbocycles. The van der Waals surface area contributed by atoms with Gasteiger partial charge in [0.25, 0.3) is 0 Å². The number of hydrogen-bond donors (Lipinski definition) is 0. The summed E-state index contributed by atoms with van der Waals surface area (Å²) >= 11 is 0. The quantitative estimate of drug-likeness (QED) is 0.0574. The van der Waals surface area contributed by atoms with E-state index >= 15 is 0 Å². The molecular weight excluding hydrogens is 1000 g/mol. The first-order chi connectivity index (χ1) is 38.8. The molecule has 0 N–H and O–H groups in total. The first-order valence-electron chi connectivity index (χ1n) is 26.5. The highest BCUT2D eigenvalue weighted by Crippen LogP contribution is 2.55. The molecule has 10 aromatic carbocycles. The van der Waals surface area contributed by atoms with Crippen LogP contribution in [-0.4, -0.2) is 26.2 Å². The Bertz CT molecular complexity index is 3640. The van der Waals surface area contributed by atoms with E-state index in [-0.39, 0.29) is 24.7 Å². The lowest BCUT2D eigenvalue weighted by molar-refractivity contribution is -0.132. The van der Waals surface area contributed by atoms with Gasteiger partial charge in [-0.3, -0.25) is 9.59 Å². The van der Waals surface area contributed by atoms with Gasteiger partial charge in [-0.1, -0.05) is 133 Å². The fourth-order valence-electron chi connectivity index (χ4n) is 10.4. The Kier molecular flexibility index (Phi) is 16.2. The molecule has 80 heavy (non-hydrogen) atoms. The standard InChI is InChI=1S/C70H62O10/c1-43-29-55-57(65-45(3)33-53(75-39-49-21-13-9-14-22-49)35-63(65)77-41-51-25-17-11-18-26-51)37-59(69(79-47(5)71)67(55)61(31-43)73-7)60-38-58(56-30-44(2)32-62(74-8)68(56)70(60)80-48(6)72)66-46(4)34-54(76-40-50-23-15-10-16-24-50)36-64(66)78-42-52-27-19-12-20-28-52/h9-38H,39-42H2,1-8H3. The molecule has 0 aliphatic carbocycles. The average Bonchev–Trinajstić information content (AvgIpc) is 3.58.